The van der Waals surface area contributed by atoms with Crippen LogP contribution in [0.1, 0.15) is 25.3 Å². The van der Waals surface area contributed by atoms with Crippen LogP contribution < -0.4 is 21.1 Å². The van der Waals surface area contributed by atoms with E-state index in [0.29, 0.717) is 12.6 Å². The van der Waals surface area contributed by atoms with Crippen molar-refractivity contribution in [1.29, 1.82) is 0 Å². The van der Waals surface area contributed by atoms with Crippen LogP contribution in [0.5, 0.6) is 5.75 Å². The highest BCUT2D eigenvalue weighted by Crippen LogP contribution is 2.22. The second kappa shape index (κ2) is 6.53. The second-order valence-electron chi connectivity index (χ2n) is 5.03. The van der Waals surface area contributed by atoms with E-state index in [0.717, 1.165) is 18.4 Å². The lowest BCUT2D eigenvalue weighted by molar-refractivity contribution is -0.126. The number of urea groups is 1. The normalized spacial score (nSPS) is 15.3. The summed E-state index contributed by atoms with van der Waals surface area (Å²) < 4.78 is 19.1. The first-order valence-corrected chi connectivity index (χ1v) is 6.74. The van der Waals surface area contributed by atoms with Crippen molar-refractivity contribution in [3.05, 3.63) is 29.6 Å². The van der Waals surface area contributed by atoms with Crippen molar-refractivity contribution in [3.63, 3.8) is 0 Å². The van der Waals surface area contributed by atoms with Gasteiger partial charge in [0.25, 0.3) is 5.91 Å². The van der Waals surface area contributed by atoms with Crippen LogP contribution in [0.3, 0.4) is 0 Å². The van der Waals surface area contributed by atoms with Crippen molar-refractivity contribution >= 4 is 11.9 Å². The molecule has 114 valence electrons. The fourth-order valence-electron chi connectivity index (χ4n) is 1.77. The van der Waals surface area contributed by atoms with Crippen molar-refractivity contribution in [2.24, 2.45) is 5.73 Å². The van der Waals surface area contributed by atoms with Crippen LogP contribution in [-0.4, -0.2) is 24.1 Å². The number of nitrogens with two attached hydrogens (primary N) is 1. The Morgan fingerprint density at radius 3 is 2.76 bits per heavy atom. The lowest BCUT2D eigenvalue weighted by atomic mass is 10.2. The molecule has 1 aromatic rings. The number of carbonyl (C=O) groups excluding carboxylic acids is 2. The van der Waals surface area contributed by atoms with E-state index in [9.17, 15) is 14.0 Å². The predicted molar refractivity (Wildman–Crippen MR) is 74.1 cm³/mol. The Morgan fingerprint density at radius 2 is 2.19 bits per heavy atom. The van der Waals surface area contributed by atoms with E-state index < -0.39 is 23.9 Å². The third kappa shape index (κ3) is 4.71. The molecule has 6 nitrogen and oxygen atoms in total. The van der Waals surface area contributed by atoms with Gasteiger partial charge in [-0.25, -0.2) is 9.18 Å². The van der Waals surface area contributed by atoms with Crippen molar-refractivity contribution in [1.82, 2.24) is 10.6 Å². The smallest absolute Gasteiger partial charge is 0.318 e. The van der Waals surface area contributed by atoms with Crippen LogP contribution in [-0.2, 0) is 11.3 Å². The molecular formula is C14H18FN3O3. The monoisotopic (exact) mass is 295 g/mol. The third-order valence-corrected chi connectivity index (χ3v) is 3.09. The van der Waals surface area contributed by atoms with E-state index in [1.807, 2.05) is 5.32 Å². The largest absolute Gasteiger partial charge is 0.478 e. The summed E-state index contributed by atoms with van der Waals surface area (Å²) in [5.41, 5.74) is 5.64. The second-order valence-corrected chi connectivity index (χ2v) is 5.03. The van der Waals surface area contributed by atoms with Gasteiger partial charge < -0.3 is 15.8 Å². The van der Waals surface area contributed by atoms with Crippen LogP contribution >= 0.6 is 0 Å². The highest BCUT2D eigenvalue weighted by Gasteiger charge is 2.21. The minimum Gasteiger partial charge on any atom is -0.478 e. The fourth-order valence-corrected chi connectivity index (χ4v) is 1.77. The number of primary amides is 1. The fraction of sp³-hybridized carbons (Fsp3) is 0.429. The zero-order chi connectivity index (χ0) is 15.4. The summed E-state index contributed by atoms with van der Waals surface area (Å²) in [6.45, 7) is 2.00. The number of nitrogens with one attached hydrogen (secondary N) is 2. The Bertz CT molecular complexity index is 546. The minimum absolute atomic E-state index is 0.0442. The maximum Gasteiger partial charge on any atom is 0.318 e. The van der Waals surface area contributed by atoms with Gasteiger partial charge in [-0.3, -0.25) is 10.1 Å². The van der Waals surface area contributed by atoms with Crippen molar-refractivity contribution in [2.75, 3.05) is 0 Å². The number of halogens is 1. The van der Waals surface area contributed by atoms with Gasteiger partial charge in [-0.1, -0.05) is 6.07 Å². The molecule has 1 unspecified atom stereocenters. The number of hydrogen-bond donors (Lipinski definition) is 3. The standard InChI is InChI=1S/C14H18FN3O3/c1-8(13(19)18-14(16)20)21-12-5-2-9(6-11(12)15)7-17-10-3-4-10/h2,5-6,8,10,17H,3-4,7H2,1H3,(H3,16,18,19,20). The first-order valence-electron chi connectivity index (χ1n) is 6.74. The van der Waals surface area contributed by atoms with Crippen LogP contribution in [0.15, 0.2) is 18.2 Å². The molecule has 0 heterocycles. The first kappa shape index (κ1) is 15.2. The molecule has 1 aromatic carbocycles. The van der Waals surface area contributed by atoms with Gasteiger partial charge in [-0.15, -0.1) is 0 Å². The predicted octanol–water partition coefficient (Wildman–Crippen LogP) is 1.04. The summed E-state index contributed by atoms with van der Waals surface area (Å²) in [6.07, 6.45) is 1.30. The van der Waals surface area contributed by atoms with Crippen LogP contribution in [0.4, 0.5) is 9.18 Å². The van der Waals surface area contributed by atoms with E-state index in [1.165, 1.54) is 19.1 Å². The minimum atomic E-state index is -1.03. The van der Waals surface area contributed by atoms with Gasteiger partial charge in [0, 0.05) is 12.6 Å². The topological polar surface area (TPSA) is 93.4 Å². The van der Waals surface area contributed by atoms with Gasteiger partial charge in [0.15, 0.2) is 17.7 Å². The van der Waals surface area contributed by atoms with E-state index in [4.69, 9.17) is 10.5 Å². The van der Waals surface area contributed by atoms with E-state index in [-0.39, 0.29) is 5.75 Å². The first-order chi connectivity index (χ1) is 9.95. The average molecular weight is 295 g/mol. The Balaban J connectivity index is 1.92. The number of amides is 3. The molecule has 0 aliphatic heterocycles. The molecular weight excluding hydrogens is 277 g/mol. The molecule has 0 saturated heterocycles. The highest BCUT2D eigenvalue weighted by atomic mass is 19.1. The maximum atomic E-state index is 13.9. The molecule has 21 heavy (non-hydrogen) atoms. The highest BCUT2D eigenvalue weighted by molar-refractivity contribution is 5.95. The number of imide groups is 1. The summed E-state index contributed by atoms with van der Waals surface area (Å²) in [6, 6.07) is 4.13. The van der Waals surface area contributed by atoms with Crippen LogP contribution in [0.2, 0.25) is 0 Å². The van der Waals surface area contributed by atoms with Gasteiger partial charge in [0.1, 0.15) is 0 Å². The average Bonchev–Trinajstić information content (AvgIpc) is 3.22. The number of hydrogen-bond acceptors (Lipinski definition) is 4. The van der Waals surface area contributed by atoms with Crippen LogP contribution in [0, 0.1) is 5.82 Å². The van der Waals surface area contributed by atoms with Gasteiger partial charge in [-0.2, -0.15) is 0 Å². The molecule has 0 radical (unpaired) electrons. The maximum absolute atomic E-state index is 13.9. The van der Waals surface area contributed by atoms with Gasteiger partial charge in [-0.05, 0) is 37.5 Å². The Labute approximate surface area is 121 Å². The molecule has 3 amide bonds. The summed E-state index contributed by atoms with van der Waals surface area (Å²) in [5, 5.41) is 5.15. The number of ether oxygens (including phenoxy) is 1. The van der Waals surface area contributed by atoms with E-state index in [1.54, 1.807) is 6.07 Å². The lowest BCUT2D eigenvalue weighted by Crippen LogP contribution is -2.42. The molecule has 1 fully saturated rings. The quantitative estimate of drug-likeness (QED) is 0.731. The molecule has 2 rings (SSSR count). The molecule has 1 atom stereocenters. The van der Waals surface area contributed by atoms with Gasteiger partial charge in [0.2, 0.25) is 0 Å². The molecule has 7 heteroatoms. The van der Waals surface area contributed by atoms with Crippen molar-refractivity contribution < 1.29 is 18.7 Å². The summed E-state index contributed by atoms with van der Waals surface area (Å²) in [4.78, 5) is 22.0. The van der Waals surface area contributed by atoms with Crippen molar-refractivity contribution in [2.45, 2.75) is 38.5 Å². The number of rotatable bonds is 6. The molecule has 4 N–H and O–H groups in total. The number of benzene rings is 1. The molecule has 1 saturated carbocycles. The molecule has 1 aliphatic carbocycles. The van der Waals surface area contributed by atoms with Crippen LogP contribution in [0.25, 0.3) is 0 Å². The van der Waals surface area contributed by atoms with E-state index >= 15 is 0 Å². The van der Waals surface area contributed by atoms with E-state index in [2.05, 4.69) is 5.32 Å². The number of carbonyl (C=O) groups is 2. The SMILES string of the molecule is CC(Oc1ccc(CNC2CC2)cc1F)C(=O)NC(N)=O. The molecule has 0 aromatic heterocycles. The molecule has 0 bridgehead atoms. The van der Waals surface area contributed by atoms with Crippen molar-refractivity contribution in [3.8, 4) is 5.75 Å². The summed E-state index contributed by atoms with van der Waals surface area (Å²) >= 11 is 0. The van der Waals surface area contributed by atoms with Gasteiger partial charge in [0.05, 0.1) is 0 Å². The Morgan fingerprint density at radius 1 is 1.48 bits per heavy atom. The lowest BCUT2D eigenvalue weighted by Gasteiger charge is -2.14. The zero-order valence-corrected chi connectivity index (χ0v) is 11.7. The summed E-state index contributed by atoms with van der Waals surface area (Å²) in [7, 11) is 0. The molecule has 1 aliphatic rings. The van der Waals surface area contributed by atoms with Gasteiger partial charge >= 0.3 is 6.03 Å². The Kier molecular flexibility index (Phi) is 4.74. The zero-order valence-electron chi connectivity index (χ0n) is 11.7. The molecule has 0 spiro atoms. The third-order valence-electron chi connectivity index (χ3n) is 3.09. The summed E-state index contributed by atoms with van der Waals surface area (Å²) in [5.74, 6) is -1.32. The Hall–Kier alpha value is -2.15.